The summed E-state index contributed by atoms with van der Waals surface area (Å²) in [6.07, 6.45) is 1.53. The van der Waals surface area contributed by atoms with Crippen LogP contribution in [0.5, 0.6) is 5.75 Å². The molecule has 0 amide bonds. The van der Waals surface area contributed by atoms with E-state index in [1.165, 1.54) is 0 Å². The van der Waals surface area contributed by atoms with Crippen molar-refractivity contribution in [3.05, 3.63) is 58.9 Å². The smallest absolute Gasteiger partial charge is 0.338 e. The van der Waals surface area contributed by atoms with Crippen LogP contribution in [0, 0.1) is 0 Å². The largest absolute Gasteiger partial charge is 0.489 e. The lowest BCUT2D eigenvalue weighted by atomic mass is 10.2. The summed E-state index contributed by atoms with van der Waals surface area (Å²) in [5, 5.41) is 0.451. The fourth-order valence-electron chi connectivity index (χ4n) is 1.63. The van der Waals surface area contributed by atoms with Crippen LogP contribution in [0.25, 0.3) is 0 Å². The third-order valence-electron chi connectivity index (χ3n) is 2.63. The molecular formula is C16H16ClNO3. The molecule has 0 bridgehead atoms. The molecule has 5 heteroatoms. The van der Waals surface area contributed by atoms with Gasteiger partial charge in [-0.2, -0.15) is 0 Å². The molecule has 0 saturated carbocycles. The Kier molecular flexibility index (Phi) is 5.17. The number of nitrogens with zero attached hydrogens (tertiary/aromatic N) is 1. The Bertz CT molecular complexity index is 594. The first-order chi connectivity index (χ1) is 10.0. The first-order valence-corrected chi connectivity index (χ1v) is 6.96. The molecule has 0 saturated heterocycles. The molecule has 0 aliphatic heterocycles. The zero-order valence-corrected chi connectivity index (χ0v) is 12.6. The third-order valence-corrected chi connectivity index (χ3v) is 2.85. The standard InChI is InChI=1S/C16H16ClNO3/c1-11(2)21-16(19)13-4-6-14(7-5-13)20-10-12-3-8-15(17)18-9-12/h3-9,11H,10H2,1-2H3. The van der Waals surface area contributed by atoms with Gasteiger partial charge in [-0.05, 0) is 44.2 Å². The molecule has 1 aromatic heterocycles. The average molecular weight is 306 g/mol. The second-order valence-electron chi connectivity index (χ2n) is 4.76. The zero-order chi connectivity index (χ0) is 15.2. The maximum atomic E-state index is 11.7. The van der Waals surface area contributed by atoms with E-state index in [2.05, 4.69) is 4.98 Å². The number of ether oxygens (including phenoxy) is 2. The van der Waals surface area contributed by atoms with Gasteiger partial charge in [-0.25, -0.2) is 9.78 Å². The Hall–Kier alpha value is -2.07. The van der Waals surface area contributed by atoms with Gasteiger partial charge in [-0.3, -0.25) is 0 Å². The van der Waals surface area contributed by atoms with E-state index >= 15 is 0 Å². The van der Waals surface area contributed by atoms with Crippen LogP contribution in [-0.4, -0.2) is 17.1 Å². The van der Waals surface area contributed by atoms with E-state index in [0.717, 1.165) is 5.56 Å². The number of pyridine rings is 1. The zero-order valence-electron chi connectivity index (χ0n) is 11.9. The number of halogens is 1. The van der Waals surface area contributed by atoms with Gasteiger partial charge in [0.1, 0.15) is 17.5 Å². The number of hydrogen-bond acceptors (Lipinski definition) is 4. The molecule has 21 heavy (non-hydrogen) atoms. The highest BCUT2D eigenvalue weighted by molar-refractivity contribution is 6.29. The van der Waals surface area contributed by atoms with E-state index in [0.29, 0.717) is 23.1 Å². The lowest BCUT2D eigenvalue weighted by molar-refractivity contribution is 0.0378. The van der Waals surface area contributed by atoms with E-state index in [9.17, 15) is 4.79 Å². The van der Waals surface area contributed by atoms with Gasteiger partial charge < -0.3 is 9.47 Å². The normalized spacial score (nSPS) is 10.5. The van der Waals surface area contributed by atoms with Gasteiger partial charge in [0, 0.05) is 11.8 Å². The number of benzene rings is 1. The summed E-state index contributed by atoms with van der Waals surface area (Å²) < 4.78 is 10.7. The molecule has 0 aliphatic rings. The van der Waals surface area contributed by atoms with Crippen molar-refractivity contribution in [2.24, 2.45) is 0 Å². The van der Waals surface area contributed by atoms with Crippen LogP contribution in [0.4, 0.5) is 0 Å². The lowest BCUT2D eigenvalue weighted by Crippen LogP contribution is -2.11. The molecule has 0 fully saturated rings. The van der Waals surface area contributed by atoms with Crippen molar-refractivity contribution in [1.29, 1.82) is 0 Å². The molecule has 1 aromatic carbocycles. The van der Waals surface area contributed by atoms with Crippen molar-refractivity contribution in [2.45, 2.75) is 26.6 Å². The Morgan fingerprint density at radius 3 is 2.48 bits per heavy atom. The summed E-state index contributed by atoms with van der Waals surface area (Å²) >= 11 is 5.72. The molecule has 1 heterocycles. The molecule has 0 radical (unpaired) electrons. The summed E-state index contributed by atoms with van der Waals surface area (Å²) in [4.78, 5) is 15.7. The highest BCUT2D eigenvalue weighted by Crippen LogP contribution is 2.15. The fraction of sp³-hybridized carbons (Fsp3) is 0.250. The number of carbonyl (C=O) groups is 1. The van der Waals surface area contributed by atoms with Gasteiger partial charge >= 0.3 is 5.97 Å². The van der Waals surface area contributed by atoms with Crippen LogP contribution in [0.1, 0.15) is 29.8 Å². The Morgan fingerprint density at radius 1 is 1.19 bits per heavy atom. The van der Waals surface area contributed by atoms with Gasteiger partial charge in [0.25, 0.3) is 0 Å². The molecule has 2 rings (SSSR count). The predicted molar refractivity (Wildman–Crippen MR) is 80.6 cm³/mol. The lowest BCUT2D eigenvalue weighted by Gasteiger charge is -2.09. The summed E-state index contributed by atoms with van der Waals surface area (Å²) in [5.41, 5.74) is 1.42. The molecule has 110 valence electrons. The molecule has 0 unspecified atom stereocenters. The van der Waals surface area contributed by atoms with E-state index in [1.54, 1.807) is 36.5 Å². The van der Waals surface area contributed by atoms with Gasteiger partial charge in [0.2, 0.25) is 0 Å². The molecule has 0 N–H and O–H groups in total. The number of esters is 1. The van der Waals surface area contributed by atoms with Crippen molar-refractivity contribution < 1.29 is 14.3 Å². The third kappa shape index (κ3) is 4.76. The van der Waals surface area contributed by atoms with Crippen LogP contribution >= 0.6 is 11.6 Å². The minimum Gasteiger partial charge on any atom is -0.489 e. The van der Waals surface area contributed by atoms with Gasteiger partial charge in [0.05, 0.1) is 11.7 Å². The summed E-state index contributed by atoms with van der Waals surface area (Å²) in [6.45, 7) is 4.02. The first-order valence-electron chi connectivity index (χ1n) is 6.59. The van der Waals surface area contributed by atoms with Crippen LogP contribution in [0.15, 0.2) is 42.6 Å². The van der Waals surface area contributed by atoms with Crippen LogP contribution in [0.3, 0.4) is 0 Å². The van der Waals surface area contributed by atoms with Crippen LogP contribution in [-0.2, 0) is 11.3 Å². The van der Waals surface area contributed by atoms with E-state index in [1.807, 2.05) is 19.9 Å². The highest BCUT2D eigenvalue weighted by atomic mass is 35.5. The topological polar surface area (TPSA) is 48.4 Å². The summed E-state index contributed by atoms with van der Waals surface area (Å²) in [5.74, 6) is 0.337. The number of hydrogen-bond donors (Lipinski definition) is 0. The SMILES string of the molecule is CC(C)OC(=O)c1ccc(OCc2ccc(Cl)nc2)cc1. The van der Waals surface area contributed by atoms with E-state index in [-0.39, 0.29) is 12.1 Å². The number of rotatable bonds is 5. The van der Waals surface area contributed by atoms with Crippen molar-refractivity contribution in [3.63, 3.8) is 0 Å². The Labute approximate surface area is 128 Å². The van der Waals surface area contributed by atoms with Gasteiger partial charge in [-0.1, -0.05) is 17.7 Å². The van der Waals surface area contributed by atoms with Gasteiger partial charge in [-0.15, -0.1) is 0 Å². The predicted octanol–water partition coefficient (Wildman–Crippen LogP) is 3.88. The molecule has 0 spiro atoms. The van der Waals surface area contributed by atoms with Crippen molar-refractivity contribution in [1.82, 2.24) is 4.98 Å². The first kappa shape index (κ1) is 15.3. The number of carbonyl (C=O) groups excluding carboxylic acids is 1. The second kappa shape index (κ2) is 7.09. The molecule has 2 aromatic rings. The van der Waals surface area contributed by atoms with E-state index < -0.39 is 0 Å². The maximum Gasteiger partial charge on any atom is 0.338 e. The minimum atomic E-state index is -0.335. The van der Waals surface area contributed by atoms with Crippen LogP contribution in [0.2, 0.25) is 5.15 Å². The number of aromatic nitrogens is 1. The second-order valence-corrected chi connectivity index (χ2v) is 5.14. The average Bonchev–Trinajstić information content (AvgIpc) is 2.46. The Morgan fingerprint density at radius 2 is 1.90 bits per heavy atom. The fourth-order valence-corrected chi connectivity index (χ4v) is 1.74. The van der Waals surface area contributed by atoms with Crippen LogP contribution < -0.4 is 4.74 Å². The minimum absolute atomic E-state index is 0.133. The van der Waals surface area contributed by atoms with Gasteiger partial charge in [0.15, 0.2) is 0 Å². The maximum absolute atomic E-state index is 11.7. The molecule has 0 aliphatic carbocycles. The summed E-state index contributed by atoms with van der Waals surface area (Å²) in [6, 6.07) is 10.4. The Balaban J connectivity index is 1.93. The quantitative estimate of drug-likeness (QED) is 0.621. The molecule has 0 atom stereocenters. The van der Waals surface area contributed by atoms with Crippen molar-refractivity contribution in [3.8, 4) is 5.75 Å². The molecular weight excluding hydrogens is 290 g/mol. The summed E-state index contributed by atoms with van der Waals surface area (Å²) in [7, 11) is 0. The monoisotopic (exact) mass is 305 g/mol. The van der Waals surface area contributed by atoms with Crippen molar-refractivity contribution in [2.75, 3.05) is 0 Å². The molecule has 4 nitrogen and oxygen atoms in total. The highest BCUT2D eigenvalue weighted by Gasteiger charge is 2.08. The van der Waals surface area contributed by atoms with E-state index in [4.69, 9.17) is 21.1 Å². The van der Waals surface area contributed by atoms with Crippen molar-refractivity contribution >= 4 is 17.6 Å².